The van der Waals surface area contributed by atoms with Gasteiger partial charge in [0.1, 0.15) is 18.3 Å². The smallest absolute Gasteiger partial charge is 0.255 e. The third-order valence-electron chi connectivity index (χ3n) is 5.09. The predicted octanol–water partition coefficient (Wildman–Crippen LogP) is 2.66. The quantitative estimate of drug-likeness (QED) is 0.939. The van der Waals surface area contributed by atoms with Crippen LogP contribution in [0.5, 0.6) is 5.75 Å². The number of H-pyrrole nitrogens is 1. The van der Waals surface area contributed by atoms with Crippen molar-refractivity contribution in [3.8, 4) is 5.75 Å². The average Bonchev–Trinajstić information content (AvgIpc) is 3.41. The molecule has 1 aromatic heterocycles. The van der Waals surface area contributed by atoms with Crippen LogP contribution in [0.4, 0.5) is 0 Å². The van der Waals surface area contributed by atoms with Gasteiger partial charge in [-0.3, -0.25) is 9.69 Å². The summed E-state index contributed by atoms with van der Waals surface area (Å²) < 4.78 is 5.98. The van der Waals surface area contributed by atoms with Gasteiger partial charge >= 0.3 is 0 Å². The SMILES string of the molecule is Cc1cccc(OCN2CCc3nc(C4CC4)[nH]c(=O)c3C2)c1C. The maximum atomic E-state index is 12.4. The van der Waals surface area contributed by atoms with Crippen molar-refractivity contribution >= 4 is 0 Å². The summed E-state index contributed by atoms with van der Waals surface area (Å²) in [6, 6.07) is 6.09. The number of aromatic nitrogens is 2. The molecule has 0 amide bonds. The van der Waals surface area contributed by atoms with E-state index < -0.39 is 0 Å². The summed E-state index contributed by atoms with van der Waals surface area (Å²) in [5.74, 6) is 2.28. The number of hydrogen-bond donors (Lipinski definition) is 1. The number of aryl methyl sites for hydroxylation is 1. The highest BCUT2D eigenvalue weighted by Gasteiger charge is 2.29. The van der Waals surface area contributed by atoms with Crippen LogP contribution in [-0.2, 0) is 13.0 Å². The molecule has 2 aliphatic rings. The predicted molar refractivity (Wildman–Crippen MR) is 92.4 cm³/mol. The van der Waals surface area contributed by atoms with Gasteiger partial charge in [-0.25, -0.2) is 4.98 Å². The average molecular weight is 325 g/mol. The summed E-state index contributed by atoms with van der Waals surface area (Å²) in [6.45, 7) is 6.13. The van der Waals surface area contributed by atoms with Gasteiger partial charge in [0.15, 0.2) is 0 Å². The fourth-order valence-corrected chi connectivity index (χ4v) is 3.20. The van der Waals surface area contributed by atoms with Crippen molar-refractivity contribution in [1.29, 1.82) is 0 Å². The zero-order valence-corrected chi connectivity index (χ0v) is 14.3. The second-order valence-electron chi connectivity index (χ2n) is 6.92. The fraction of sp³-hybridized carbons (Fsp3) is 0.474. The molecule has 0 radical (unpaired) electrons. The maximum Gasteiger partial charge on any atom is 0.255 e. The highest BCUT2D eigenvalue weighted by Crippen LogP contribution is 2.37. The third-order valence-corrected chi connectivity index (χ3v) is 5.09. The third kappa shape index (κ3) is 2.96. The first-order chi connectivity index (χ1) is 11.6. The summed E-state index contributed by atoms with van der Waals surface area (Å²) >= 11 is 0. The Morgan fingerprint density at radius 2 is 2.17 bits per heavy atom. The van der Waals surface area contributed by atoms with E-state index in [4.69, 9.17) is 9.72 Å². The lowest BCUT2D eigenvalue weighted by Crippen LogP contribution is -2.38. The number of nitrogens with zero attached hydrogens (tertiary/aromatic N) is 2. The number of aromatic amines is 1. The van der Waals surface area contributed by atoms with Crippen molar-refractivity contribution in [3.05, 3.63) is 56.8 Å². The standard InChI is InChI=1S/C19H23N3O2/c1-12-4-3-5-17(13(12)2)24-11-22-9-8-16-15(10-22)19(23)21-18(20-16)14-6-7-14/h3-5,14H,6-11H2,1-2H3,(H,20,21,23). The van der Waals surface area contributed by atoms with Gasteiger partial charge in [-0.1, -0.05) is 12.1 Å². The minimum Gasteiger partial charge on any atom is -0.478 e. The van der Waals surface area contributed by atoms with E-state index in [0.29, 0.717) is 19.2 Å². The molecule has 0 bridgehead atoms. The van der Waals surface area contributed by atoms with Crippen LogP contribution in [0.2, 0.25) is 0 Å². The van der Waals surface area contributed by atoms with Crippen LogP contribution in [0.15, 0.2) is 23.0 Å². The normalized spacial score (nSPS) is 17.6. The Balaban J connectivity index is 1.46. The van der Waals surface area contributed by atoms with Crippen LogP contribution < -0.4 is 10.3 Å². The number of benzene rings is 1. The molecule has 1 aliphatic heterocycles. The Labute approximate surface area is 141 Å². The van der Waals surface area contributed by atoms with Crippen molar-refractivity contribution in [2.45, 2.75) is 45.6 Å². The first-order valence-electron chi connectivity index (χ1n) is 8.65. The molecule has 1 aliphatic carbocycles. The number of ether oxygens (including phenoxy) is 1. The lowest BCUT2D eigenvalue weighted by atomic mass is 10.1. The number of fused-ring (bicyclic) bond motifs is 1. The molecule has 2 heterocycles. The Morgan fingerprint density at radius 1 is 1.33 bits per heavy atom. The van der Waals surface area contributed by atoms with Gasteiger partial charge in [0, 0.05) is 25.4 Å². The van der Waals surface area contributed by atoms with Gasteiger partial charge < -0.3 is 9.72 Å². The van der Waals surface area contributed by atoms with Gasteiger partial charge in [-0.15, -0.1) is 0 Å². The van der Waals surface area contributed by atoms with E-state index in [1.165, 1.54) is 11.1 Å². The molecule has 0 spiro atoms. The lowest BCUT2D eigenvalue weighted by molar-refractivity contribution is 0.112. The fourth-order valence-electron chi connectivity index (χ4n) is 3.20. The molecule has 5 heteroatoms. The molecule has 1 saturated carbocycles. The van der Waals surface area contributed by atoms with Crippen molar-refractivity contribution in [3.63, 3.8) is 0 Å². The summed E-state index contributed by atoms with van der Waals surface area (Å²) in [7, 11) is 0. The topological polar surface area (TPSA) is 58.2 Å². The molecule has 0 saturated heterocycles. The molecule has 4 rings (SSSR count). The molecule has 0 unspecified atom stereocenters. The second-order valence-corrected chi connectivity index (χ2v) is 6.92. The number of nitrogens with one attached hydrogen (secondary N) is 1. The molecule has 24 heavy (non-hydrogen) atoms. The van der Waals surface area contributed by atoms with E-state index in [2.05, 4.69) is 29.8 Å². The van der Waals surface area contributed by atoms with Gasteiger partial charge in [0.2, 0.25) is 0 Å². The van der Waals surface area contributed by atoms with Crippen LogP contribution in [0, 0.1) is 13.8 Å². The zero-order chi connectivity index (χ0) is 16.7. The summed E-state index contributed by atoms with van der Waals surface area (Å²) in [5, 5.41) is 0. The van der Waals surface area contributed by atoms with Gasteiger partial charge in [0.05, 0.1) is 11.3 Å². The molecule has 1 aromatic carbocycles. The maximum absolute atomic E-state index is 12.4. The largest absolute Gasteiger partial charge is 0.478 e. The van der Waals surface area contributed by atoms with Gasteiger partial charge in [0.25, 0.3) is 5.56 Å². The van der Waals surface area contributed by atoms with Crippen LogP contribution in [0.1, 0.15) is 47.0 Å². The number of rotatable bonds is 4. The minimum atomic E-state index is 0.0262. The van der Waals surface area contributed by atoms with Crippen LogP contribution in [0.3, 0.4) is 0 Å². The van der Waals surface area contributed by atoms with Gasteiger partial charge in [-0.05, 0) is 43.9 Å². The van der Waals surface area contributed by atoms with Crippen molar-refractivity contribution in [2.24, 2.45) is 0 Å². The summed E-state index contributed by atoms with van der Waals surface area (Å²) in [5.41, 5.74) is 4.20. The Hall–Kier alpha value is -2.14. The highest BCUT2D eigenvalue weighted by molar-refractivity contribution is 5.38. The van der Waals surface area contributed by atoms with Crippen LogP contribution in [-0.4, -0.2) is 28.1 Å². The first kappa shape index (κ1) is 15.4. The monoisotopic (exact) mass is 325 g/mol. The zero-order valence-electron chi connectivity index (χ0n) is 14.3. The molecular formula is C19H23N3O2. The number of hydrogen-bond acceptors (Lipinski definition) is 4. The van der Waals surface area contributed by atoms with E-state index in [1.54, 1.807) is 0 Å². The highest BCUT2D eigenvalue weighted by atomic mass is 16.5. The van der Waals surface area contributed by atoms with Crippen molar-refractivity contribution in [1.82, 2.24) is 14.9 Å². The molecule has 0 atom stereocenters. The van der Waals surface area contributed by atoms with Gasteiger partial charge in [-0.2, -0.15) is 0 Å². The summed E-state index contributed by atoms with van der Waals surface area (Å²) in [6.07, 6.45) is 3.12. The molecule has 1 fully saturated rings. The molecule has 1 N–H and O–H groups in total. The molecular weight excluding hydrogens is 302 g/mol. The molecule has 2 aromatic rings. The van der Waals surface area contributed by atoms with Crippen LogP contribution in [0.25, 0.3) is 0 Å². The minimum absolute atomic E-state index is 0.0262. The van der Waals surface area contributed by atoms with Crippen molar-refractivity contribution < 1.29 is 4.74 Å². The lowest BCUT2D eigenvalue weighted by Gasteiger charge is -2.27. The summed E-state index contributed by atoms with van der Waals surface area (Å²) in [4.78, 5) is 22.2. The van der Waals surface area contributed by atoms with E-state index in [9.17, 15) is 4.79 Å². The van der Waals surface area contributed by atoms with E-state index in [-0.39, 0.29) is 5.56 Å². The molecule has 5 nitrogen and oxygen atoms in total. The second kappa shape index (κ2) is 6.06. The van der Waals surface area contributed by atoms with E-state index in [0.717, 1.165) is 48.6 Å². The Kier molecular flexibility index (Phi) is 3.88. The Morgan fingerprint density at radius 3 is 2.96 bits per heavy atom. The van der Waals surface area contributed by atoms with Crippen LogP contribution >= 0.6 is 0 Å². The van der Waals surface area contributed by atoms with Crippen molar-refractivity contribution in [2.75, 3.05) is 13.3 Å². The van der Waals surface area contributed by atoms with E-state index >= 15 is 0 Å². The molecule has 126 valence electrons. The van der Waals surface area contributed by atoms with E-state index in [1.807, 2.05) is 12.1 Å². The first-order valence-corrected chi connectivity index (χ1v) is 8.65. The Bertz CT molecular complexity index is 824.